The Hall–Kier alpha value is -1.89. The van der Waals surface area contributed by atoms with Gasteiger partial charge in [-0.05, 0) is 39.9 Å². The fourth-order valence-corrected chi connectivity index (χ4v) is 4.76. The Morgan fingerprint density at radius 1 is 0.237 bits per heavy atom. The number of fused-ring (bicyclic) bond motifs is 1. The highest BCUT2D eigenvalue weighted by molar-refractivity contribution is 6.73. The van der Waals surface area contributed by atoms with Crippen LogP contribution in [0, 0.1) is 6.92 Å². The van der Waals surface area contributed by atoms with Crippen LogP contribution in [0.1, 0.15) is 5.56 Å². The zero-order valence-corrected chi connectivity index (χ0v) is 20.7. The lowest BCUT2D eigenvalue weighted by Gasteiger charge is -2.31. The quantitative estimate of drug-likeness (QED) is 0.271. The Kier molecular flexibility index (Phi) is 7.61. The van der Waals surface area contributed by atoms with Gasteiger partial charge in [-0.3, -0.25) is 0 Å². The molecule has 0 aliphatic carbocycles. The molecule has 4 aromatic carbocycles. The van der Waals surface area contributed by atoms with Crippen molar-refractivity contribution in [3.63, 3.8) is 0 Å². The second-order valence-electron chi connectivity index (χ2n) is 9.08. The minimum absolute atomic E-state index is 0.00503. The van der Waals surface area contributed by atoms with Crippen LogP contribution < -0.4 is 81.9 Å². The van der Waals surface area contributed by atoms with E-state index in [1.807, 2.05) is 0 Å². The third-order valence-corrected chi connectivity index (χ3v) is 7.11. The lowest BCUT2D eigenvalue weighted by Crippen LogP contribution is -2.56. The zero-order chi connectivity index (χ0) is 28.7. The van der Waals surface area contributed by atoms with Crippen LogP contribution in [-0.2, 0) is 0 Å². The predicted molar refractivity (Wildman–Crippen MR) is 180 cm³/mol. The third kappa shape index (κ3) is 3.89. The summed E-state index contributed by atoms with van der Waals surface area (Å²) < 4.78 is 0. The Labute approximate surface area is 244 Å². The first-order chi connectivity index (χ1) is 17.6. The average molecular weight is 441 g/mol. The Balaban J connectivity index is 2.48. The first-order valence-electron chi connectivity index (χ1n) is 11.1. The van der Waals surface area contributed by atoms with Crippen LogP contribution in [-0.4, -0.2) is 118 Å². The van der Waals surface area contributed by atoms with Gasteiger partial charge in [0.1, 0.15) is 118 Å². The molecule has 15 heteroatoms. The van der Waals surface area contributed by atoms with E-state index in [1.165, 1.54) is 0 Å². The van der Waals surface area contributed by atoms with Crippen molar-refractivity contribution in [3.05, 3.63) is 5.56 Å². The molecule has 0 bridgehead atoms. The SMILES string of the molecule is [B]c1c([B])c([B])c(-c2c([B])c([B])c([B])c3c([B])c([B])c([B])c(-c4c([B])c([B])c(C)c([B])c4[B])c23)c([B])c1[B]. The summed E-state index contributed by atoms with van der Waals surface area (Å²) in [7, 11) is 95.3. The summed E-state index contributed by atoms with van der Waals surface area (Å²) in [6, 6.07) is 0. The van der Waals surface area contributed by atoms with E-state index in [2.05, 4.69) is 0 Å². The lowest BCUT2D eigenvalue weighted by molar-refractivity contribution is 1.59. The van der Waals surface area contributed by atoms with Gasteiger partial charge < -0.3 is 0 Å². The van der Waals surface area contributed by atoms with Crippen molar-refractivity contribution in [2.75, 3.05) is 0 Å². The average Bonchev–Trinajstić information content (AvgIpc) is 2.89. The number of rotatable bonds is 2. The molecule has 140 valence electrons. The van der Waals surface area contributed by atoms with E-state index in [1.54, 1.807) is 6.92 Å². The lowest BCUT2D eigenvalue weighted by atomic mass is 9.55. The van der Waals surface area contributed by atoms with Crippen LogP contribution in [0.3, 0.4) is 0 Å². The molecule has 0 nitrogen and oxygen atoms in total. The van der Waals surface area contributed by atoms with E-state index in [0.29, 0.717) is 5.56 Å². The normalized spacial score (nSPS) is 11.3. The van der Waals surface area contributed by atoms with E-state index >= 15 is 0 Å². The summed E-state index contributed by atoms with van der Waals surface area (Å²) in [6.45, 7) is 1.67. The predicted octanol–water partition coefficient (Wildman–Crippen LogP) is -11.6. The summed E-state index contributed by atoms with van der Waals surface area (Å²) >= 11 is 0. The van der Waals surface area contributed by atoms with Crippen molar-refractivity contribution < 1.29 is 0 Å². The Morgan fingerprint density at radius 2 is 0.474 bits per heavy atom. The smallest absolute Gasteiger partial charge is 0.112 e. The van der Waals surface area contributed by atoms with Crippen molar-refractivity contribution in [1.82, 2.24) is 0 Å². The molecule has 0 aliphatic rings. The van der Waals surface area contributed by atoms with E-state index in [0.717, 1.165) is 0 Å². The molecule has 4 aromatic rings. The molecule has 38 heavy (non-hydrogen) atoms. The first-order valence-corrected chi connectivity index (χ1v) is 11.1. The van der Waals surface area contributed by atoms with Gasteiger partial charge in [-0.2, -0.15) is 0 Å². The first kappa shape index (κ1) is 29.1. The second-order valence-corrected chi connectivity index (χ2v) is 9.08. The molecule has 30 radical (unpaired) electrons. The van der Waals surface area contributed by atoms with E-state index in [-0.39, 0.29) is 115 Å². The molecule has 0 atom stereocenters. The number of hydrogen-bond acceptors (Lipinski definition) is 0. The minimum atomic E-state index is -0.0361. The maximum atomic E-state index is 6.56. The zero-order valence-electron chi connectivity index (χ0n) is 20.7. The summed E-state index contributed by atoms with van der Waals surface area (Å²) in [5, 5.41) is 0.388. The molecule has 0 saturated carbocycles. The maximum absolute atomic E-state index is 6.56. The van der Waals surface area contributed by atoms with Gasteiger partial charge in [0.2, 0.25) is 0 Å². The standard InChI is InChI=1S/C23H3B15/c1-2-9(24)13(28)7(14(29)10(2)25)4-3-5(8-17(32)21(36)23(38)22(37)18(8)33)12(27)20(35)16(31)6(3)15(30)19(34)11(4)26/h1H3. The molecular weight excluding hydrogens is 438 g/mol. The monoisotopic (exact) mass is 444 g/mol. The van der Waals surface area contributed by atoms with Crippen molar-refractivity contribution in [2.45, 2.75) is 6.92 Å². The second kappa shape index (κ2) is 9.94. The summed E-state index contributed by atoms with van der Waals surface area (Å²) in [5.41, 5.74) is 1.31. The van der Waals surface area contributed by atoms with Gasteiger partial charge in [0.15, 0.2) is 0 Å². The topological polar surface area (TPSA) is 0 Å². The van der Waals surface area contributed by atoms with Crippen LogP contribution in [0.4, 0.5) is 0 Å². The third-order valence-electron chi connectivity index (χ3n) is 7.11. The van der Waals surface area contributed by atoms with Gasteiger partial charge in [-0.15, -0.1) is 38.2 Å². The van der Waals surface area contributed by atoms with E-state index < -0.39 is 0 Å². The number of hydrogen-bond donors (Lipinski definition) is 0. The van der Waals surface area contributed by atoms with Crippen LogP contribution >= 0.6 is 0 Å². The molecule has 0 N–H and O–H groups in total. The van der Waals surface area contributed by atoms with Crippen molar-refractivity contribution in [1.29, 1.82) is 0 Å². The highest BCUT2D eigenvalue weighted by atomic mass is 14.2. The molecule has 0 aromatic heterocycles. The largest absolute Gasteiger partial charge is 0.113 e. The Bertz CT molecular complexity index is 1540. The summed E-state index contributed by atoms with van der Waals surface area (Å²) in [6.07, 6.45) is 0. The van der Waals surface area contributed by atoms with Gasteiger partial charge in [0, 0.05) is 0 Å². The Morgan fingerprint density at radius 3 is 0.816 bits per heavy atom. The minimum Gasteiger partial charge on any atom is -0.112 e. The maximum Gasteiger partial charge on any atom is 0.113 e. The van der Waals surface area contributed by atoms with Crippen molar-refractivity contribution in [3.8, 4) is 22.3 Å². The molecule has 4 rings (SSSR count). The number of benzene rings is 4. The summed E-state index contributed by atoms with van der Waals surface area (Å²) in [5.74, 6) is 0. The molecule has 0 fully saturated rings. The summed E-state index contributed by atoms with van der Waals surface area (Å²) in [4.78, 5) is 0. The fourth-order valence-electron chi connectivity index (χ4n) is 4.76. The van der Waals surface area contributed by atoms with Gasteiger partial charge in [-0.1, -0.05) is 49.3 Å². The van der Waals surface area contributed by atoms with Crippen LogP contribution in [0.25, 0.3) is 33.0 Å². The molecule has 0 unspecified atom stereocenters. The van der Waals surface area contributed by atoms with Gasteiger partial charge >= 0.3 is 0 Å². The highest BCUT2D eigenvalue weighted by Crippen LogP contribution is 2.29. The molecule has 0 aliphatic heterocycles. The van der Waals surface area contributed by atoms with Crippen molar-refractivity contribution in [2.24, 2.45) is 0 Å². The van der Waals surface area contributed by atoms with Crippen molar-refractivity contribution >= 4 is 210 Å². The molecule has 0 heterocycles. The van der Waals surface area contributed by atoms with E-state index in [9.17, 15) is 0 Å². The molecule has 0 spiro atoms. The fraction of sp³-hybridized carbons (Fsp3) is 0.0435. The van der Waals surface area contributed by atoms with Crippen LogP contribution in [0.2, 0.25) is 0 Å². The molecular formula is C23H3B15. The van der Waals surface area contributed by atoms with Gasteiger partial charge in [0.25, 0.3) is 0 Å². The highest BCUT2D eigenvalue weighted by Gasteiger charge is 2.25. The van der Waals surface area contributed by atoms with Crippen LogP contribution in [0.15, 0.2) is 0 Å². The van der Waals surface area contributed by atoms with E-state index in [4.69, 9.17) is 118 Å². The molecule has 0 amide bonds. The van der Waals surface area contributed by atoms with Gasteiger partial charge in [-0.25, -0.2) is 0 Å². The van der Waals surface area contributed by atoms with Gasteiger partial charge in [0.05, 0.1) is 0 Å². The van der Waals surface area contributed by atoms with Crippen LogP contribution in [0.5, 0.6) is 0 Å². The molecule has 0 saturated heterocycles.